The first-order valence-electron chi connectivity index (χ1n) is 5.05. The fourth-order valence-corrected chi connectivity index (χ4v) is 3.65. The van der Waals surface area contributed by atoms with Gasteiger partial charge in [-0.15, -0.1) is 11.8 Å². The van der Waals surface area contributed by atoms with E-state index in [0.29, 0.717) is 0 Å². The Balaban J connectivity index is 2.38. The second-order valence-corrected chi connectivity index (χ2v) is 6.42. The number of carbonyl (C=O) groups excluding carboxylic acids is 1. The van der Waals surface area contributed by atoms with Crippen LogP contribution in [0.2, 0.25) is 0 Å². The zero-order chi connectivity index (χ0) is 10.6. The lowest BCUT2D eigenvalue weighted by molar-refractivity contribution is -0.122. The molecule has 4 heteroatoms. The minimum absolute atomic E-state index is 0.0796. The summed E-state index contributed by atoms with van der Waals surface area (Å²) in [7, 11) is 0. The Labute approximate surface area is 98.7 Å². The van der Waals surface area contributed by atoms with Crippen LogP contribution in [0.3, 0.4) is 0 Å². The molecule has 82 valence electrons. The number of amides is 1. The highest BCUT2D eigenvalue weighted by Gasteiger charge is 2.27. The van der Waals surface area contributed by atoms with Crippen LogP contribution >= 0.6 is 27.7 Å². The standard InChI is InChI=1S/C10H18BrNOS/c1-10(2,5-6-11)12-9(13)8-4-3-7-14-8/h8H,3-7H2,1-2H3,(H,12,13). The smallest absolute Gasteiger partial charge is 0.233 e. The van der Waals surface area contributed by atoms with E-state index in [4.69, 9.17) is 0 Å². The average molecular weight is 280 g/mol. The molecule has 0 bridgehead atoms. The number of carbonyl (C=O) groups is 1. The van der Waals surface area contributed by atoms with Crippen molar-refractivity contribution >= 4 is 33.6 Å². The van der Waals surface area contributed by atoms with Crippen molar-refractivity contribution in [1.82, 2.24) is 5.32 Å². The Morgan fingerprint density at radius 2 is 2.36 bits per heavy atom. The number of hydrogen-bond acceptors (Lipinski definition) is 2. The van der Waals surface area contributed by atoms with Crippen LogP contribution in [-0.2, 0) is 4.79 Å². The maximum absolute atomic E-state index is 11.8. The maximum atomic E-state index is 11.8. The van der Waals surface area contributed by atoms with Gasteiger partial charge in [0.25, 0.3) is 0 Å². The molecule has 0 radical (unpaired) electrons. The highest BCUT2D eigenvalue weighted by molar-refractivity contribution is 9.09. The van der Waals surface area contributed by atoms with Gasteiger partial charge < -0.3 is 5.32 Å². The minimum atomic E-state index is -0.0796. The molecular formula is C10H18BrNOS. The number of halogens is 1. The van der Waals surface area contributed by atoms with Crippen LogP contribution in [0.4, 0.5) is 0 Å². The Hall–Kier alpha value is 0.300. The molecule has 0 spiro atoms. The molecule has 1 aliphatic heterocycles. The fraction of sp³-hybridized carbons (Fsp3) is 0.900. The molecule has 1 heterocycles. The summed E-state index contributed by atoms with van der Waals surface area (Å²) >= 11 is 5.19. The van der Waals surface area contributed by atoms with E-state index in [-0.39, 0.29) is 16.7 Å². The number of thioether (sulfide) groups is 1. The number of alkyl halides is 1. The quantitative estimate of drug-likeness (QED) is 0.802. The van der Waals surface area contributed by atoms with Crippen LogP contribution in [-0.4, -0.2) is 27.8 Å². The van der Waals surface area contributed by atoms with Gasteiger partial charge in [0.2, 0.25) is 5.91 Å². The molecule has 1 unspecified atom stereocenters. The lowest BCUT2D eigenvalue weighted by Gasteiger charge is -2.26. The van der Waals surface area contributed by atoms with E-state index in [1.807, 2.05) is 0 Å². The van der Waals surface area contributed by atoms with Crippen molar-refractivity contribution in [2.75, 3.05) is 11.1 Å². The number of nitrogens with one attached hydrogen (secondary N) is 1. The highest BCUT2D eigenvalue weighted by atomic mass is 79.9. The molecule has 0 aromatic heterocycles. The van der Waals surface area contributed by atoms with Gasteiger partial charge in [0.1, 0.15) is 0 Å². The van der Waals surface area contributed by atoms with Crippen LogP contribution in [0, 0.1) is 0 Å². The van der Waals surface area contributed by atoms with Gasteiger partial charge in [-0.25, -0.2) is 0 Å². The number of hydrogen-bond donors (Lipinski definition) is 1. The van der Waals surface area contributed by atoms with Gasteiger partial charge >= 0.3 is 0 Å². The first kappa shape index (κ1) is 12.4. The van der Waals surface area contributed by atoms with E-state index < -0.39 is 0 Å². The van der Waals surface area contributed by atoms with E-state index in [1.165, 1.54) is 6.42 Å². The van der Waals surface area contributed by atoms with Gasteiger partial charge in [0.05, 0.1) is 5.25 Å². The van der Waals surface area contributed by atoms with Crippen molar-refractivity contribution in [1.29, 1.82) is 0 Å². The molecule has 14 heavy (non-hydrogen) atoms. The topological polar surface area (TPSA) is 29.1 Å². The Morgan fingerprint density at radius 3 is 2.86 bits per heavy atom. The van der Waals surface area contributed by atoms with Crippen LogP contribution in [0.15, 0.2) is 0 Å². The lowest BCUT2D eigenvalue weighted by Crippen LogP contribution is -2.46. The third kappa shape index (κ3) is 3.81. The Morgan fingerprint density at radius 1 is 1.64 bits per heavy atom. The summed E-state index contributed by atoms with van der Waals surface area (Å²) in [6.45, 7) is 4.15. The monoisotopic (exact) mass is 279 g/mol. The van der Waals surface area contributed by atoms with Gasteiger partial charge in [0.15, 0.2) is 0 Å². The molecule has 1 aliphatic rings. The van der Waals surface area contributed by atoms with Crippen molar-refractivity contribution in [3.8, 4) is 0 Å². The van der Waals surface area contributed by atoms with E-state index >= 15 is 0 Å². The normalized spacial score (nSPS) is 22.4. The molecular weight excluding hydrogens is 262 g/mol. The first-order valence-corrected chi connectivity index (χ1v) is 7.22. The third-order valence-electron chi connectivity index (χ3n) is 2.40. The van der Waals surface area contributed by atoms with Crippen LogP contribution in [0.5, 0.6) is 0 Å². The van der Waals surface area contributed by atoms with Crippen LogP contribution in [0.1, 0.15) is 33.1 Å². The van der Waals surface area contributed by atoms with Gasteiger partial charge in [-0.3, -0.25) is 4.79 Å². The SMILES string of the molecule is CC(C)(CCBr)NC(=O)C1CCCS1. The van der Waals surface area contributed by atoms with Crippen LogP contribution < -0.4 is 5.32 Å². The third-order valence-corrected chi connectivity index (χ3v) is 4.18. The lowest BCUT2D eigenvalue weighted by atomic mass is 10.0. The summed E-state index contributed by atoms with van der Waals surface area (Å²) in [6.07, 6.45) is 3.19. The summed E-state index contributed by atoms with van der Waals surface area (Å²) in [5, 5.41) is 4.24. The molecule has 2 nitrogen and oxygen atoms in total. The van der Waals surface area contributed by atoms with Crippen LogP contribution in [0.25, 0.3) is 0 Å². The Kier molecular flexibility index (Phi) is 4.77. The summed E-state index contributed by atoms with van der Waals surface area (Å²) in [4.78, 5) is 11.8. The van der Waals surface area contributed by atoms with Crippen molar-refractivity contribution in [2.45, 2.75) is 43.9 Å². The molecule has 1 atom stereocenters. The minimum Gasteiger partial charge on any atom is -0.350 e. The maximum Gasteiger partial charge on any atom is 0.233 e. The average Bonchev–Trinajstić information content (AvgIpc) is 2.53. The first-order chi connectivity index (χ1) is 6.55. The summed E-state index contributed by atoms with van der Waals surface area (Å²) < 4.78 is 0. The van der Waals surface area contributed by atoms with E-state index in [0.717, 1.165) is 23.9 Å². The molecule has 1 fully saturated rings. The van der Waals surface area contributed by atoms with Crippen molar-refractivity contribution in [2.24, 2.45) is 0 Å². The van der Waals surface area contributed by atoms with E-state index in [2.05, 4.69) is 35.1 Å². The molecule has 0 aliphatic carbocycles. The zero-order valence-electron chi connectivity index (χ0n) is 8.81. The van der Waals surface area contributed by atoms with Gasteiger partial charge in [-0.2, -0.15) is 0 Å². The van der Waals surface area contributed by atoms with Crippen molar-refractivity contribution in [3.63, 3.8) is 0 Å². The second kappa shape index (κ2) is 5.40. The molecule has 1 rings (SSSR count). The van der Waals surface area contributed by atoms with Gasteiger partial charge in [0, 0.05) is 10.9 Å². The summed E-state index contributed by atoms with van der Waals surface area (Å²) in [6, 6.07) is 0. The van der Waals surface area contributed by atoms with E-state index in [9.17, 15) is 4.79 Å². The summed E-state index contributed by atoms with van der Waals surface area (Å²) in [5.74, 6) is 1.36. The predicted octanol–water partition coefficient (Wildman–Crippen LogP) is 2.56. The molecule has 0 aromatic rings. The number of rotatable bonds is 4. The largest absolute Gasteiger partial charge is 0.350 e. The highest BCUT2D eigenvalue weighted by Crippen LogP contribution is 2.26. The zero-order valence-corrected chi connectivity index (χ0v) is 11.2. The van der Waals surface area contributed by atoms with Crippen molar-refractivity contribution < 1.29 is 4.79 Å². The van der Waals surface area contributed by atoms with Crippen molar-refractivity contribution in [3.05, 3.63) is 0 Å². The Bertz CT molecular complexity index is 202. The summed E-state index contributed by atoms with van der Waals surface area (Å²) in [5.41, 5.74) is -0.0796. The fourth-order valence-electron chi connectivity index (χ4n) is 1.50. The predicted molar refractivity (Wildman–Crippen MR) is 66.1 cm³/mol. The molecule has 1 saturated heterocycles. The van der Waals surface area contributed by atoms with Gasteiger partial charge in [-0.1, -0.05) is 15.9 Å². The molecule has 0 saturated carbocycles. The van der Waals surface area contributed by atoms with E-state index in [1.54, 1.807) is 11.8 Å². The van der Waals surface area contributed by atoms with Gasteiger partial charge in [-0.05, 0) is 38.9 Å². The molecule has 1 N–H and O–H groups in total. The second-order valence-electron chi connectivity index (χ2n) is 4.31. The molecule has 0 aromatic carbocycles. The molecule has 1 amide bonds.